The first-order valence-corrected chi connectivity index (χ1v) is 8.18. The number of fused-ring (bicyclic) bond motifs is 1. The summed E-state index contributed by atoms with van der Waals surface area (Å²) >= 11 is 12.0. The molecule has 0 unspecified atom stereocenters. The van der Waals surface area contributed by atoms with Crippen LogP contribution in [0.15, 0.2) is 23.3 Å². The summed E-state index contributed by atoms with van der Waals surface area (Å²) in [5, 5.41) is 12.2. The molecule has 7 heteroatoms. The number of halogens is 2. The van der Waals surface area contributed by atoms with Gasteiger partial charge in [-0.1, -0.05) is 29.3 Å². The number of aromatic nitrogens is 2. The molecule has 23 heavy (non-hydrogen) atoms. The Hall–Kier alpha value is -1.85. The third kappa shape index (κ3) is 3.41. The van der Waals surface area contributed by atoms with Gasteiger partial charge >= 0.3 is 0 Å². The predicted molar refractivity (Wildman–Crippen MR) is 91.4 cm³/mol. The van der Waals surface area contributed by atoms with Gasteiger partial charge in [-0.05, 0) is 44.7 Å². The molecule has 120 valence electrons. The van der Waals surface area contributed by atoms with Crippen molar-refractivity contribution in [1.29, 1.82) is 0 Å². The summed E-state index contributed by atoms with van der Waals surface area (Å²) in [4.78, 5) is 12.3. The molecule has 0 atom stereocenters. The smallest absolute Gasteiger partial charge is 0.281 e. The Morgan fingerprint density at radius 3 is 2.87 bits per heavy atom. The average molecular weight is 351 g/mol. The zero-order chi connectivity index (χ0) is 16.4. The van der Waals surface area contributed by atoms with Gasteiger partial charge in [0.05, 0.1) is 10.7 Å². The summed E-state index contributed by atoms with van der Waals surface area (Å²) in [6, 6.07) is 5.14. The number of aryl methyl sites for hydroxylation is 1. The molecule has 1 aliphatic rings. The minimum Gasteiger partial charge on any atom is -0.281 e. The first kappa shape index (κ1) is 16.0. The zero-order valence-electron chi connectivity index (χ0n) is 12.6. The zero-order valence-corrected chi connectivity index (χ0v) is 14.1. The maximum Gasteiger partial charge on any atom is 0.292 e. The number of rotatable bonds is 3. The molecule has 0 saturated heterocycles. The lowest BCUT2D eigenvalue weighted by atomic mass is 9.96. The van der Waals surface area contributed by atoms with Crippen molar-refractivity contribution in [3.05, 3.63) is 50.8 Å². The number of carbonyl (C=O) groups excluding carboxylic acids is 1. The van der Waals surface area contributed by atoms with Gasteiger partial charge in [0, 0.05) is 21.8 Å². The highest BCUT2D eigenvalue weighted by molar-refractivity contribution is 6.37. The van der Waals surface area contributed by atoms with Crippen molar-refractivity contribution in [2.75, 3.05) is 0 Å². The van der Waals surface area contributed by atoms with E-state index in [-0.39, 0.29) is 5.91 Å². The fourth-order valence-electron chi connectivity index (χ4n) is 2.70. The predicted octanol–water partition coefficient (Wildman–Crippen LogP) is 3.75. The molecule has 2 aromatic rings. The van der Waals surface area contributed by atoms with Crippen LogP contribution in [0.25, 0.3) is 0 Å². The molecule has 5 nitrogen and oxygen atoms in total. The summed E-state index contributed by atoms with van der Waals surface area (Å²) in [5.41, 5.74) is 6.37. The third-order valence-electron chi connectivity index (χ3n) is 3.92. The van der Waals surface area contributed by atoms with Crippen LogP contribution in [0.1, 0.15) is 47.1 Å². The third-order valence-corrected chi connectivity index (χ3v) is 4.47. The number of nitrogens with one attached hydrogen (secondary N) is 2. The van der Waals surface area contributed by atoms with Crippen molar-refractivity contribution in [2.45, 2.75) is 32.6 Å². The van der Waals surface area contributed by atoms with Gasteiger partial charge in [-0.2, -0.15) is 10.2 Å². The van der Waals surface area contributed by atoms with Gasteiger partial charge in [0.2, 0.25) is 0 Å². The van der Waals surface area contributed by atoms with E-state index in [4.69, 9.17) is 23.2 Å². The van der Waals surface area contributed by atoms with Crippen LogP contribution in [-0.4, -0.2) is 21.8 Å². The topological polar surface area (TPSA) is 70.1 Å². The molecule has 3 rings (SSSR count). The van der Waals surface area contributed by atoms with E-state index in [2.05, 4.69) is 20.7 Å². The Balaban J connectivity index is 1.76. The van der Waals surface area contributed by atoms with Crippen LogP contribution in [0.2, 0.25) is 10.0 Å². The SMILES string of the molecule is CC(=NNC(=O)c1n[nH]c2c1CCCC2)c1ccc(Cl)cc1Cl. The minimum atomic E-state index is -0.311. The summed E-state index contributed by atoms with van der Waals surface area (Å²) in [6.07, 6.45) is 4.02. The molecule has 0 fully saturated rings. The summed E-state index contributed by atoms with van der Waals surface area (Å²) < 4.78 is 0. The van der Waals surface area contributed by atoms with Crippen molar-refractivity contribution in [3.63, 3.8) is 0 Å². The van der Waals surface area contributed by atoms with E-state index in [1.54, 1.807) is 25.1 Å². The van der Waals surface area contributed by atoms with Crippen molar-refractivity contribution in [2.24, 2.45) is 5.10 Å². The van der Waals surface area contributed by atoms with Crippen LogP contribution in [-0.2, 0) is 12.8 Å². The van der Waals surface area contributed by atoms with Crippen molar-refractivity contribution >= 4 is 34.8 Å². The van der Waals surface area contributed by atoms with Gasteiger partial charge in [0.15, 0.2) is 5.69 Å². The highest BCUT2D eigenvalue weighted by atomic mass is 35.5. The number of amides is 1. The van der Waals surface area contributed by atoms with Gasteiger partial charge in [-0.3, -0.25) is 9.89 Å². The lowest BCUT2D eigenvalue weighted by Crippen LogP contribution is -2.21. The van der Waals surface area contributed by atoms with Gasteiger partial charge in [-0.25, -0.2) is 5.43 Å². The molecule has 2 N–H and O–H groups in total. The van der Waals surface area contributed by atoms with Crippen LogP contribution in [0, 0.1) is 0 Å². The fraction of sp³-hybridized carbons (Fsp3) is 0.312. The van der Waals surface area contributed by atoms with Crippen LogP contribution in [0.3, 0.4) is 0 Å². The van der Waals surface area contributed by atoms with Crippen LogP contribution >= 0.6 is 23.2 Å². The minimum absolute atomic E-state index is 0.311. The van der Waals surface area contributed by atoms with Gasteiger partial charge in [0.1, 0.15) is 0 Å². The van der Waals surface area contributed by atoms with Crippen molar-refractivity contribution in [3.8, 4) is 0 Å². The van der Waals surface area contributed by atoms with Gasteiger partial charge in [-0.15, -0.1) is 0 Å². The normalized spacial score (nSPS) is 14.5. The number of H-pyrrole nitrogens is 1. The molecular weight excluding hydrogens is 335 g/mol. The molecule has 0 spiro atoms. The van der Waals surface area contributed by atoms with Crippen molar-refractivity contribution < 1.29 is 4.79 Å². The van der Waals surface area contributed by atoms with E-state index >= 15 is 0 Å². The monoisotopic (exact) mass is 350 g/mol. The Bertz CT molecular complexity index is 782. The summed E-state index contributed by atoms with van der Waals surface area (Å²) in [5.74, 6) is -0.311. The van der Waals surface area contributed by atoms with E-state index in [0.717, 1.165) is 42.5 Å². The van der Waals surface area contributed by atoms with Crippen molar-refractivity contribution in [1.82, 2.24) is 15.6 Å². The lowest BCUT2D eigenvalue weighted by molar-refractivity contribution is 0.0949. The van der Waals surface area contributed by atoms with Gasteiger partial charge < -0.3 is 0 Å². The molecular formula is C16H16Cl2N4O. The van der Waals surface area contributed by atoms with E-state index < -0.39 is 0 Å². The maximum absolute atomic E-state index is 12.3. The lowest BCUT2D eigenvalue weighted by Gasteiger charge is -2.10. The molecule has 0 aliphatic heterocycles. The molecule has 1 heterocycles. The number of hydrogen-bond acceptors (Lipinski definition) is 3. The molecule has 1 aromatic heterocycles. The second-order valence-electron chi connectivity index (χ2n) is 5.50. The van der Waals surface area contributed by atoms with E-state index in [0.29, 0.717) is 21.5 Å². The molecule has 0 bridgehead atoms. The average Bonchev–Trinajstić information content (AvgIpc) is 2.96. The first-order valence-electron chi connectivity index (χ1n) is 7.42. The highest BCUT2D eigenvalue weighted by Crippen LogP contribution is 2.23. The van der Waals surface area contributed by atoms with Crippen LogP contribution in [0.5, 0.6) is 0 Å². The largest absolute Gasteiger partial charge is 0.292 e. The number of aromatic amines is 1. The highest BCUT2D eigenvalue weighted by Gasteiger charge is 2.21. The molecule has 1 aromatic carbocycles. The maximum atomic E-state index is 12.3. The Morgan fingerprint density at radius 2 is 2.09 bits per heavy atom. The quantitative estimate of drug-likeness (QED) is 0.653. The van der Waals surface area contributed by atoms with E-state index in [9.17, 15) is 4.79 Å². The Kier molecular flexibility index (Phi) is 4.68. The van der Waals surface area contributed by atoms with Crippen LogP contribution in [0.4, 0.5) is 0 Å². The number of nitrogens with zero attached hydrogens (tertiary/aromatic N) is 2. The van der Waals surface area contributed by atoms with E-state index in [1.807, 2.05) is 0 Å². The number of hydrogen-bond donors (Lipinski definition) is 2. The summed E-state index contributed by atoms with van der Waals surface area (Å²) in [6.45, 7) is 1.77. The Morgan fingerprint density at radius 1 is 1.30 bits per heavy atom. The first-order chi connectivity index (χ1) is 11.1. The van der Waals surface area contributed by atoms with Gasteiger partial charge in [0.25, 0.3) is 5.91 Å². The van der Waals surface area contributed by atoms with Crippen LogP contribution < -0.4 is 5.43 Å². The second kappa shape index (κ2) is 6.72. The second-order valence-corrected chi connectivity index (χ2v) is 6.34. The number of benzene rings is 1. The Labute approximate surface area is 144 Å². The molecule has 0 radical (unpaired) electrons. The fourth-order valence-corrected chi connectivity index (χ4v) is 3.24. The number of hydrazone groups is 1. The molecule has 1 amide bonds. The van der Waals surface area contributed by atoms with E-state index in [1.165, 1.54) is 0 Å². The number of carbonyl (C=O) groups is 1. The standard InChI is InChI=1S/C16H16Cl2N4O/c1-9(11-7-6-10(17)8-13(11)18)19-22-16(23)15-12-4-2-3-5-14(12)20-21-15/h6-8H,2-5H2,1H3,(H,20,21)(H,22,23). The molecule has 1 aliphatic carbocycles. The molecule has 0 saturated carbocycles. The summed E-state index contributed by atoms with van der Waals surface area (Å²) in [7, 11) is 0.